The largest absolute Gasteiger partial charge is 0.324 e. The summed E-state index contributed by atoms with van der Waals surface area (Å²) in [4.78, 5) is 16.8. The van der Waals surface area contributed by atoms with Gasteiger partial charge in [-0.2, -0.15) is 5.10 Å². The zero-order chi connectivity index (χ0) is 19.4. The summed E-state index contributed by atoms with van der Waals surface area (Å²) in [6, 6.07) is 14.3. The van der Waals surface area contributed by atoms with Crippen molar-refractivity contribution in [2.45, 2.75) is 32.7 Å². The maximum absolute atomic E-state index is 12.5. The first-order valence-electron chi connectivity index (χ1n) is 8.64. The first-order valence-corrected chi connectivity index (χ1v) is 9.01. The number of amides is 2. The van der Waals surface area contributed by atoms with Gasteiger partial charge in [0.1, 0.15) is 5.82 Å². The fourth-order valence-electron chi connectivity index (χ4n) is 2.48. The number of hydrogen-bond acceptors (Lipinski definition) is 3. The van der Waals surface area contributed by atoms with Gasteiger partial charge in [-0.25, -0.2) is 9.48 Å². The molecule has 6 nitrogen and oxygen atoms in total. The number of benzene rings is 1. The minimum absolute atomic E-state index is 0.148. The molecule has 3 aromatic rings. The third-order valence-corrected chi connectivity index (χ3v) is 4.28. The Balaban J connectivity index is 1.83. The molecule has 3 rings (SSSR count). The second-order valence-corrected chi connectivity index (χ2v) is 7.61. The number of pyridine rings is 1. The number of urea groups is 1. The maximum Gasteiger partial charge on any atom is 0.324 e. The lowest BCUT2D eigenvalue weighted by atomic mass is 9.92. The van der Waals surface area contributed by atoms with E-state index in [-0.39, 0.29) is 11.4 Å². The van der Waals surface area contributed by atoms with E-state index in [1.54, 1.807) is 23.0 Å². The van der Waals surface area contributed by atoms with Gasteiger partial charge in [0.15, 0.2) is 0 Å². The molecule has 2 N–H and O–H groups in total. The van der Waals surface area contributed by atoms with Crippen LogP contribution >= 0.6 is 11.6 Å². The first kappa shape index (κ1) is 18.9. The van der Waals surface area contributed by atoms with Gasteiger partial charge in [-0.15, -0.1) is 0 Å². The SMILES string of the molecule is CC(C)(C)c1cc(NC(=O)Nc2ccccc2Cl)n(Cc2ccccn2)n1. The summed E-state index contributed by atoms with van der Waals surface area (Å²) < 4.78 is 1.75. The molecule has 0 aliphatic heterocycles. The lowest BCUT2D eigenvalue weighted by Crippen LogP contribution is -2.22. The summed E-state index contributed by atoms with van der Waals surface area (Å²) in [5, 5.41) is 10.8. The monoisotopic (exact) mass is 383 g/mol. The number of nitrogens with zero attached hydrogens (tertiary/aromatic N) is 3. The van der Waals surface area contributed by atoms with Crippen LogP contribution < -0.4 is 10.6 Å². The van der Waals surface area contributed by atoms with E-state index in [0.29, 0.717) is 23.1 Å². The number of halogens is 1. The van der Waals surface area contributed by atoms with Crippen LogP contribution in [0, 0.1) is 0 Å². The summed E-state index contributed by atoms with van der Waals surface area (Å²) >= 11 is 6.11. The maximum atomic E-state index is 12.5. The first-order chi connectivity index (χ1) is 12.8. The van der Waals surface area contributed by atoms with E-state index in [2.05, 4.69) is 41.5 Å². The van der Waals surface area contributed by atoms with Gasteiger partial charge in [0.25, 0.3) is 0 Å². The molecule has 0 atom stereocenters. The average molecular weight is 384 g/mol. The Kier molecular flexibility index (Phi) is 5.46. The van der Waals surface area contributed by atoms with Crippen molar-refractivity contribution in [3.05, 3.63) is 71.1 Å². The Bertz CT molecular complexity index is 931. The molecule has 0 fully saturated rings. The molecule has 0 bridgehead atoms. The normalized spacial score (nSPS) is 11.3. The zero-order valence-corrected chi connectivity index (χ0v) is 16.3. The molecule has 7 heteroatoms. The standard InChI is InChI=1S/C20H22ClN5O/c1-20(2,3)17-12-18(26(25-17)13-14-8-6-7-11-22-14)24-19(27)23-16-10-5-4-9-15(16)21/h4-12H,13H2,1-3H3,(H2,23,24,27). The average Bonchev–Trinajstić information content (AvgIpc) is 3.01. The molecule has 2 amide bonds. The Morgan fingerprint density at radius 1 is 1.11 bits per heavy atom. The summed E-state index contributed by atoms with van der Waals surface area (Å²) in [6.45, 7) is 6.69. The molecule has 27 heavy (non-hydrogen) atoms. The number of carbonyl (C=O) groups is 1. The summed E-state index contributed by atoms with van der Waals surface area (Å²) in [5.41, 5.74) is 2.14. The lowest BCUT2D eigenvalue weighted by Gasteiger charge is -2.14. The van der Waals surface area contributed by atoms with Crippen molar-refractivity contribution in [1.82, 2.24) is 14.8 Å². The number of hydrogen-bond donors (Lipinski definition) is 2. The van der Waals surface area contributed by atoms with Gasteiger partial charge in [0, 0.05) is 17.7 Å². The van der Waals surface area contributed by atoms with Gasteiger partial charge in [-0.3, -0.25) is 10.3 Å². The highest BCUT2D eigenvalue weighted by molar-refractivity contribution is 6.33. The zero-order valence-electron chi connectivity index (χ0n) is 15.5. The van der Waals surface area contributed by atoms with E-state index in [4.69, 9.17) is 11.6 Å². The predicted octanol–water partition coefficient (Wildman–Crippen LogP) is 4.92. The van der Waals surface area contributed by atoms with Gasteiger partial charge in [0.05, 0.1) is 28.6 Å². The van der Waals surface area contributed by atoms with Gasteiger partial charge in [0.2, 0.25) is 0 Å². The Morgan fingerprint density at radius 3 is 2.52 bits per heavy atom. The Labute approximate surface area is 163 Å². The van der Waals surface area contributed by atoms with Crippen LogP contribution in [0.3, 0.4) is 0 Å². The molecule has 0 radical (unpaired) electrons. The fraction of sp³-hybridized carbons (Fsp3) is 0.250. The van der Waals surface area contributed by atoms with Crippen LogP contribution in [0.5, 0.6) is 0 Å². The Morgan fingerprint density at radius 2 is 1.85 bits per heavy atom. The summed E-state index contributed by atoms with van der Waals surface area (Å²) in [7, 11) is 0. The highest BCUT2D eigenvalue weighted by atomic mass is 35.5. The van der Waals surface area contributed by atoms with E-state index >= 15 is 0 Å². The van der Waals surface area contributed by atoms with Crippen LogP contribution in [0.1, 0.15) is 32.2 Å². The third-order valence-electron chi connectivity index (χ3n) is 3.95. The molecular weight excluding hydrogens is 362 g/mol. The smallest absolute Gasteiger partial charge is 0.306 e. The molecule has 1 aromatic carbocycles. The van der Waals surface area contributed by atoms with Crippen molar-refractivity contribution in [3.8, 4) is 0 Å². The van der Waals surface area contributed by atoms with Crippen molar-refractivity contribution in [1.29, 1.82) is 0 Å². The van der Waals surface area contributed by atoms with Crippen LogP contribution in [-0.2, 0) is 12.0 Å². The van der Waals surface area contributed by atoms with Crippen LogP contribution in [-0.4, -0.2) is 20.8 Å². The van der Waals surface area contributed by atoms with E-state index in [9.17, 15) is 4.79 Å². The minimum Gasteiger partial charge on any atom is -0.306 e. The summed E-state index contributed by atoms with van der Waals surface area (Å²) in [5.74, 6) is 0.593. The van der Waals surface area contributed by atoms with Crippen LogP contribution in [0.4, 0.5) is 16.3 Å². The summed E-state index contributed by atoms with van der Waals surface area (Å²) in [6.07, 6.45) is 1.74. The number of para-hydroxylation sites is 1. The number of carbonyl (C=O) groups excluding carboxylic acids is 1. The molecule has 2 aromatic heterocycles. The number of anilines is 2. The van der Waals surface area contributed by atoms with Crippen molar-refractivity contribution < 1.29 is 4.79 Å². The van der Waals surface area contributed by atoms with Gasteiger partial charge < -0.3 is 5.32 Å². The second-order valence-electron chi connectivity index (χ2n) is 7.20. The molecule has 0 aliphatic rings. The quantitative estimate of drug-likeness (QED) is 0.671. The molecular formula is C20H22ClN5O. The van der Waals surface area contributed by atoms with Crippen molar-refractivity contribution in [3.63, 3.8) is 0 Å². The highest BCUT2D eigenvalue weighted by Crippen LogP contribution is 2.25. The van der Waals surface area contributed by atoms with E-state index in [1.807, 2.05) is 36.4 Å². The van der Waals surface area contributed by atoms with E-state index in [0.717, 1.165) is 11.4 Å². The molecule has 140 valence electrons. The van der Waals surface area contributed by atoms with Gasteiger partial charge in [-0.1, -0.05) is 50.6 Å². The van der Waals surface area contributed by atoms with Crippen LogP contribution in [0.2, 0.25) is 5.02 Å². The molecule has 0 saturated carbocycles. The highest BCUT2D eigenvalue weighted by Gasteiger charge is 2.21. The third kappa shape index (κ3) is 4.86. The predicted molar refractivity (Wildman–Crippen MR) is 108 cm³/mol. The van der Waals surface area contributed by atoms with Crippen LogP contribution in [0.25, 0.3) is 0 Å². The number of aromatic nitrogens is 3. The molecule has 2 heterocycles. The molecule has 0 aliphatic carbocycles. The second kappa shape index (κ2) is 7.80. The number of nitrogens with one attached hydrogen (secondary N) is 2. The fourth-order valence-corrected chi connectivity index (χ4v) is 2.66. The van der Waals surface area contributed by atoms with Crippen molar-refractivity contribution in [2.24, 2.45) is 0 Å². The molecule has 0 unspecified atom stereocenters. The van der Waals surface area contributed by atoms with Crippen molar-refractivity contribution in [2.75, 3.05) is 10.6 Å². The minimum atomic E-state index is -0.384. The molecule has 0 saturated heterocycles. The van der Waals surface area contributed by atoms with E-state index < -0.39 is 0 Å². The Hall–Kier alpha value is -2.86. The van der Waals surface area contributed by atoms with Gasteiger partial charge in [-0.05, 0) is 24.3 Å². The number of rotatable bonds is 4. The lowest BCUT2D eigenvalue weighted by molar-refractivity contribution is 0.262. The van der Waals surface area contributed by atoms with Crippen molar-refractivity contribution >= 4 is 29.1 Å². The van der Waals surface area contributed by atoms with E-state index in [1.165, 1.54) is 0 Å². The van der Waals surface area contributed by atoms with Crippen LogP contribution in [0.15, 0.2) is 54.7 Å². The van der Waals surface area contributed by atoms with Gasteiger partial charge >= 0.3 is 6.03 Å². The topological polar surface area (TPSA) is 71.8 Å². The molecule has 0 spiro atoms.